The Balaban J connectivity index is 2.96. The topological polar surface area (TPSA) is 40.5 Å². The van der Waals surface area contributed by atoms with E-state index < -0.39 is 5.97 Å². The standard InChI is InChI=1S/C17H27NO2/c1-12(2)9-10-18(11-14(4)17(19)20)16-8-6-7-13(3)15(16)5/h6-8,12,14H,9-11H2,1-5H3,(H,19,20). The van der Waals surface area contributed by atoms with E-state index in [1.165, 1.54) is 16.8 Å². The second-order valence-electron chi connectivity index (χ2n) is 6.09. The van der Waals surface area contributed by atoms with E-state index in [1.54, 1.807) is 6.92 Å². The van der Waals surface area contributed by atoms with Gasteiger partial charge in [-0.2, -0.15) is 0 Å². The largest absolute Gasteiger partial charge is 0.481 e. The summed E-state index contributed by atoms with van der Waals surface area (Å²) in [5, 5.41) is 9.15. The lowest BCUT2D eigenvalue weighted by atomic mass is 10.0. The molecule has 1 aromatic carbocycles. The van der Waals surface area contributed by atoms with Crippen molar-refractivity contribution in [3.63, 3.8) is 0 Å². The fourth-order valence-electron chi connectivity index (χ4n) is 2.21. The molecule has 0 radical (unpaired) electrons. The van der Waals surface area contributed by atoms with E-state index in [9.17, 15) is 4.79 Å². The van der Waals surface area contributed by atoms with Crippen LogP contribution in [0, 0.1) is 25.7 Å². The van der Waals surface area contributed by atoms with Crippen LogP contribution in [0.4, 0.5) is 5.69 Å². The summed E-state index contributed by atoms with van der Waals surface area (Å²) in [6.45, 7) is 11.8. The molecule has 1 unspecified atom stereocenters. The molecule has 0 heterocycles. The molecule has 0 aliphatic heterocycles. The highest BCUT2D eigenvalue weighted by molar-refractivity contribution is 5.70. The molecular formula is C17H27NO2. The van der Waals surface area contributed by atoms with Crippen molar-refractivity contribution in [1.29, 1.82) is 0 Å². The number of anilines is 1. The van der Waals surface area contributed by atoms with Crippen molar-refractivity contribution in [2.75, 3.05) is 18.0 Å². The number of aliphatic carboxylic acids is 1. The van der Waals surface area contributed by atoms with Gasteiger partial charge in [-0.15, -0.1) is 0 Å². The first kappa shape index (κ1) is 16.5. The Kier molecular flexibility index (Phi) is 6.05. The highest BCUT2D eigenvalue weighted by Crippen LogP contribution is 2.24. The van der Waals surface area contributed by atoms with Crippen LogP contribution in [0.15, 0.2) is 18.2 Å². The molecule has 0 aliphatic rings. The highest BCUT2D eigenvalue weighted by atomic mass is 16.4. The normalized spacial score (nSPS) is 12.5. The molecule has 1 rings (SSSR count). The van der Waals surface area contributed by atoms with E-state index in [1.807, 2.05) is 6.07 Å². The van der Waals surface area contributed by atoms with Crippen LogP contribution >= 0.6 is 0 Å². The van der Waals surface area contributed by atoms with Crippen LogP contribution in [0.1, 0.15) is 38.3 Å². The predicted molar refractivity (Wildman–Crippen MR) is 84.4 cm³/mol. The van der Waals surface area contributed by atoms with Gasteiger partial charge in [-0.05, 0) is 43.4 Å². The molecule has 1 N–H and O–H groups in total. The van der Waals surface area contributed by atoms with E-state index in [0.29, 0.717) is 12.5 Å². The van der Waals surface area contributed by atoms with Crippen LogP contribution in [0.3, 0.4) is 0 Å². The van der Waals surface area contributed by atoms with Crippen LogP contribution in [0.25, 0.3) is 0 Å². The number of aryl methyl sites for hydroxylation is 1. The summed E-state index contributed by atoms with van der Waals surface area (Å²) < 4.78 is 0. The van der Waals surface area contributed by atoms with Crippen molar-refractivity contribution in [3.05, 3.63) is 29.3 Å². The Labute approximate surface area is 122 Å². The number of carboxylic acid groups (broad SMARTS) is 1. The molecule has 3 nitrogen and oxygen atoms in total. The van der Waals surface area contributed by atoms with Crippen molar-refractivity contribution >= 4 is 11.7 Å². The lowest BCUT2D eigenvalue weighted by Gasteiger charge is -2.29. The first-order valence-corrected chi connectivity index (χ1v) is 7.37. The lowest BCUT2D eigenvalue weighted by molar-refractivity contribution is -0.140. The fourth-order valence-corrected chi connectivity index (χ4v) is 2.21. The van der Waals surface area contributed by atoms with Gasteiger partial charge in [-0.25, -0.2) is 0 Å². The summed E-state index contributed by atoms with van der Waals surface area (Å²) in [6, 6.07) is 6.24. The molecule has 0 fully saturated rings. The third kappa shape index (κ3) is 4.55. The number of hydrogen-bond donors (Lipinski definition) is 1. The molecular weight excluding hydrogens is 250 g/mol. The molecule has 112 valence electrons. The first-order valence-electron chi connectivity index (χ1n) is 7.37. The molecule has 0 amide bonds. The van der Waals surface area contributed by atoms with Gasteiger partial charge in [0.2, 0.25) is 0 Å². The number of hydrogen-bond acceptors (Lipinski definition) is 2. The molecule has 0 saturated heterocycles. The van der Waals surface area contributed by atoms with Crippen LogP contribution in [0.2, 0.25) is 0 Å². The number of rotatable bonds is 7. The van der Waals surface area contributed by atoms with E-state index in [2.05, 4.69) is 44.7 Å². The highest BCUT2D eigenvalue weighted by Gasteiger charge is 2.18. The zero-order chi connectivity index (χ0) is 15.3. The van der Waals surface area contributed by atoms with Gasteiger partial charge in [0.05, 0.1) is 5.92 Å². The van der Waals surface area contributed by atoms with Gasteiger partial charge in [-0.3, -0.25) is 4.79 Å². The van der Waals surface area contributed by atoms with Crippen molar-refractivity contribution < 1.29 is 9.90 Å². The van der Waals surface area contributed by atoms with E-state index >= 15 is 0 Å². The summed E-state index contributed by atoms with van der Waals surface area (Å²) in [4.78, 5) is 13.4. The molecule has 0 saturated carbocycles. The van der Waals surface area contributed by atoms with Gasteiger partial charge in [0.25, 0.3) is 0 Å². The summed E-state index contributed by atoms with van der Waals surface area (Å²) >= 11 is 0. The van der Waals surface area contributed by atoms with Crippen LogP contribution in [-0.4, -0.2) is 24.2 Å². The molecule has 3 heteroatoms. The number of carboxylic acids is 1. The Hall–Kier alpha value is -1.51. The van der Waals surface area contributed by atoms with Gasteiger partial charge < -0.3 is 10.0 Å². The molecule has 0 aliphatic carbocycles. The zero-order valence-electron chi connectivity index (χ0n) is 13.3. The van der Waals surface area contributed by atoms with Gasteiger partial charge in [0.1, 0.15) is 0 Å². The Morgan fingerprint density at radius 3 is 2.45 bits per heavy atom. The smallest absolute Gasteiger partial charge is 0.308 e. The number of benzene rings is 1. The molecule has 0 aromatic heterocycles. The average molecular weight is 277 g/mol. The third-order valence-electron chi connectivity index (χ3n) is 3.81. The van der Waals surface area contributed by atoms with E-state index in [0.717, 1.165) is 13.0 Å². The summed E-state index contributed by atoms with van der Waals surface area (Å²) in [7, 11) is 0. The van der Waals surface area contributed by atoms with Crippen molar-refractivity contribution in [3.8, 4) is 0 Å². The summed E-state index contributed by atoms with van der Waals surface area (Å²) in [5.74, 6) is -0.477. The second kappa shape index (κ2) is 7.32. The van der Waals surface area contributed by atoms with Gasteiger partial charge >= 0.3 is 5.97 Å². The maximum absolute atomic E-state index is 11.1. The minimum Gasteiger partial charge on any atom is -0.481 e. The first-order chi connectivity index (χ1) is 9.32. The molecule has 1 aromatic rings. The van der Waals surface area contributed by atoms with Crippen molar-refractivity contribution in [2.45, 2.75) is 41.0 Å². The monoisotopic (exact) mass is 277 g/mol. The van der Waals surface area contributed by atoms with Crippen LogP contribution in [0.5, 0.6) is 0 Å². The fraction of sp³-hybridized carbons (Fsp3) is 0.588. The average Bonchev–Trinajstić information content (AvgIpc) is 2.37. The maximum atomic E-state index is 11.1. The van der Waals surface area contributed by atoms with Crippen molar-refractivity contribution in [1.82, 2.24) is 0 Å². The summed E-state index contributed by atoms with van der Waals surface area (Å²) in [5.41, 5.74) is 3.66. The second-order valence-corrected chi connectivity index (χ2v) is 6.09. The maximum Gasteiger partial charge on any atom is 0.308 e. The van der Waals surface area contributed by atoms with E-state index in [-0.39, 0.29) is 5.92 Å². The van der Waals surface area contributed by atoms with E-state index in [4.69, 9.17) is 5.11 Å². The Morgan fingerprint density at radius 2 is 1.90 bits per heavy atom. The number of nitrogens with zero attached hydrogens (tertiary/aromatic N) is 1. The minimum absolute atomic E-state index is 0.359. The van der Waals surface area contributed by atoms with Crippen LogP contribution in [-0.2, 0) is 4.79 Å². The Bertz CT molecular complexity index is 454. The zero-order valence-corrected chi connectivity index (χ0v) is 13.3. The molecule has 0 spiro atoms. The minimum atomic E-state index is -0.732. The molecule has 1 atom stereocenters. The molecule has 20 heavy (non-hydrogen) atoms. The van der Waals surface area contributed by atoms with Crippen LogP contribution < -0.4 is 4.90 Å². The quantitative estimate of drug-likeness (QED) is 0.822. The predicted octanol–water partition coefficient (Wildman–Crippen LogP) is 3.88. The SMILES string of the molecule is Cc1cccc(N(CCC(C)C)CC(C)C(=O)O)c1C. The Morgan fingerprint density at radius 1 is 1.25 bits per heavy atom. The van der Waals surface area contributed by atoms with Crippen molar-refractivity contribution in [2.24, 2.45) is 11.8 Å². The van der Waals surface area contributed by atoms with Gasteiger partial charge in [-0.1, -0.05) is 32.9 Å². The van der Waals surface area contributed by atoms with Gasteiger partial charge in [0, 0.05) is 18.8 Å². The van der Waals surface area contributed by atoms with Gasteiger partial charge in [0.15, 0.2) is 0 Å². The number of carbonyl (C=O) groups is 1. The lowest BCUT2D eigenvalue weighted by Crippen LogP contribution is -2.33. The third-order valence-corrected chi connectivity index (χ3v) is 3.81. The molecule has 0 bridgehead atoms. The summed E-state index contributed by atoms with van der Waals surface area (Å²) in [6.07, 6.45) is 1.07.